The average molecular weight is 276 g/mol. The topological polar surface area (TPSA) is 87.8 Å². The number of nitriles is 1. The van der Waals surface area contributed by atoms with Gasteiger partial charge in [-0.2, -0.15) is 10.4 Å². The Hall–Kier alpha value is -2.17. The fourth-order valence-corrected chi connectivity index (χ4v) is 2.78. The lowest BCUT2D eigenvalue weighted by atomic mass is 10.2. The quantitative estimate of drug-likeness (QED) is 0.903. The van der Waals surface area contributed by atoms with E-state index in [1.807, 2.05) is 6.07 Å². The Morgan fingerprint density at radius 2 is 2.00 bits per heavy atom. The smallest absolute Gasteiger partial charge is 0.221 e. The summed E-state index contributed by atoms with van der Waals surface area (Å²) in [5, 5.41) is 12.8. The van der Waals surface area contributed by atoms with Gasteiger partial charge in [-0.15, -0.1) is 0 Å². The molecule has 1 aromatic carbocycles. The second-order valence-electron chi connectivity index (χ2n) is 3.74. The number of hydrogen-bond acceptors (Lipinski definition) is 4. The molecule has 0 atom stereocenters. The Bertz CT molecular complexity index is 711. The summed E-state index contributed by atoms with van der Waals surface area (Å²) in [6.45, 7) is 2.01. The summed E-state index contributed by atoms with van der Waals surface area (Å²) in [6, 6.07) is 9.95. The number of sulfonamides is 1. The molecule has 0 spiro atoms. The van der Waals surface area contributed by atoms with Gasteiger partial charge in [0.2, 0.25) is 0 Å². The zero-order chi connectivity index (χ0) is 13.9. The summed E-state index contributed by atoms with van der Waals surface area (Å²) in [5.74, 6) is 0. The number of hydrogen-bond donors (Lipinski definition) is 1. The molecule has 0 saturated heterocycles. The zero-order valence-corrected chi connectivity index (χ0v) is 11.1. The molecule has 0 bridgehead atoms. The summed E-state index contributed by atoms with van der Waals surface area (Å²) >= 11 is 0. The highest BCUT2D eigenvalue weighted by molar-refractivity contribution is 7.89. The third-order valence-corrected chi connectivity index (χ3v) is 3.99. The van der Waals surface area contributed by atoms with Crippen molar-refractivity contribution in [3.05, 3.63) is 42.1 Å². The summed E-state index contributed by atoms with van der Waals surface area (Å²) in [4.78, 5) is 0. The van der Waals surface area contributed by atoms with Crippen LogP contribution >= 0.6 is 0 Å². The molecule has 0 radical (unpaired) electrons. The minimum absolute atomic E-state index is 0.0686. The monoisotopic (exact) mass is 276 g/mol. The number of benzene rings is 1. The Morgan fingerprint density at radius 1 is 1.32 bits per heavy atom. The number of nitrogens with one attached hydrogen (secondary N) is 1. The maximum atomic E-state index is 12.0. The Kier molecular flexibility index (Phi) is 3.64. The molecule has 0 aliphatic carbocycles. The van der Waals surface area contributed by atoms with E-state index in [0.29, 0.717) is 17.8 Å². The van der Waals surface area contributed by atoms with Crippen molar-refractivity contribution in [2.75, 3.05) is 6.54 Å². The Balaban J connectivity index is 2.47. The van der Waals surface area contributed by atoms with Crippen LogP contribution in [-0.4, -0.2) is 24.7 Å². The van der Waals surface area contributed by atoms with Gasteiger partial charge in [-0.1, -0.05) is 6.92 Å². The van der Waals surface area contributed by atoms with E-state index in [1.165, 1.54) is 16.9 Å². The van der Waals surface area contributed by atoms with E-state index >= 15 is 0 Å². The highest BCUT2D eigenvalue weighted by Gasteiger charge is 2.19. The molecule has 1 heterocycles. The van der Waals surface area contributed by atoms with Crippen molar-refractivity contribution in [2.24, 2.45) is 0 Å². The number of rotatable bonds is 4. The summed E-state index contributed by atoms with van der Waals surface area (Å²) < 4.78 is 27.7. The maximum absolute atomic E-state index is 12.0. The van der Waals surface area contributed by atoms with Gasteiger partial charge in [0.25, 0.3) is 10.0 Å². The lowest BCUT2D eigenvalue weighted by Crippen LogP contribution is -2.25. The van der Waals surface area contributed by atoms with Gasteiger partial charge in [-0.25, -0.2) is 17.8 Å². The van der Waals surface area contributed by atoms with Crippen LogP contribution in [0.5, 0.6) is 0 Å². The lowest BCUT2D eigenvalue weighted by molar-refractivity contribution is 0.573. The van der Waals surface area contributed by atoms with Crippen LogP contribution in [0.25, 0.3) is 5.69 Å². The second-order valence-corrected chi connectivity index (χ2v) is 5.46. The molecule has 19 heavy (non-hydrogen) atoms. The highest BCUT2D eigenvalue weighted by Crippen LogP contribution is 2.15. The Morgan fingerprint density at radius 3 is 2.58 bits per heavy atom. The molecular formula is C12H12N4O2S. The average Bonchev–Trinajstić information content (AvgIpc) is 2.89. The van der Waals surface area contributed by atoms with Crippen LogP contribution in [0.3, 0.4) is 0 Å². The van der Waals surface area contributed by atoms with E-state index < -0.39 is 10.0 Å². The summed E-state index contributed by atoms with van der Waals surface area (Å²) in [7, 11) is -3.58. The minimum Gasteiger partial charge on any atom is -0.221 e. The molecule has 1 aromatic heterocycles. The first-order chi connectivity index (χ1) is 9.08. The van der Waals surface area contributed by atoms with E-state index in [9.17, 15) is 8.42 Å². The first-order valence-electron chi connectivity index (χ1n) is 5.62. The molecule has 0 amide bonds. The van der Waals surface area contributed by atoms with Crippen LogP contribution < -0.4 is 4.72 Å². The predicted octanol–water partition coefficient (Wildman–Crippen LogP) is 1.04. The molecule has 7 heteroatoms. The molecule has 6 nitrogen and oxygen atoms in total. The molecule has 0 unspecified atom stereocenters. The van der Waals surface area contributed by atoms with Crippen LogP contribution in [0.1, 0.15) is 12.5 Å². The van der Waals surface area contributed by atoms with Crippen molar-refractivity contribution in [1.29, 1.82) is 5.26 Å². The second kappa shape index (κ2) is 5.22. The Labute approximate surface area is 111 Å². The minimum atomic E-state index is -3.58. The fraction of sp³-hybridized carbons (Fsp3) is 0.167. The molecule has 0 fully saturated rings. The molecule has 2 rings (SSSR count). The van der Waals surface area contributed by atoms with Crippen molar-refractivity contribution >= 4 is 10.0 Å². The van der Waals surface area contributed by atoms with Crippen molar-refractivity contribution in [3.63, 3.8) is 0 Å². The van der Waals surface area contributed by atoms with Crippen molar-refractivity contribution < 1.29 is 8.42 Å². The normalized spacial score (nSPS) is 11.2. The van der Waals surface area contributed by atoms with Crippen LogP contribution in [0, 0.1) is 11.3 Å². The first-order valence-corrected chi connectivity index (χ1v) is 7.11. The van der Waals surface area contributed by atoms with E-state index in [4.69, 9.17) is 5.26 Å². The largest absolute Gasteiger partial charge is 0.258 e. The van der Waals surface area contributed by atoms with Gasteiger partial charge < -0.3 is 0 Å². The van der Waals surface area contributed by atoms with Gasteiger partial charge in [0, 0.05) is 6.54 Å². The standard InChI is InChI=1S/C12H12N4O2S/c1-2-15-19(17,18)12-7-8-14-16(12)11-5-3-10(9-13)4-6-11/h3-8,15H,2H2,1H3. The molecule has 0 aliphatic rings. The van der Waals surface area contributed by atoms with Crippen molar-refractivity contribution in [3.8, 4) is 11.8 Å². The maximum Gasteiger partial charge on any atom is 0.258 e. The third-order valence-electron chi connectivity index (χ3n) is 2.46. The van der Waals surface area contributed by atoms with Crippen molar-refractivity contribution in [1.82, 2.24) is 14.5 Å². The van der Waals surface area contributed by atoms with E-state index in [2.05, 4.69) is 9.82 Å². The first kappa shape index (κ1) is 13.3. The van der Waals surface area contributed by atoms with E-state index in [-0.39, 0.29) is 5.03 Å². The lowest BCUT2D eigenvalue weighted by Gasteiger charge is -2.08. The van der Waals surface area contributed by atoms with E-state index in [1.54, 1.807) is 31.2 Å². The zero-order valence-electron chi connectivity index (χ0n) is 10.2. The highest BCUT2D eigenvalue weighted by atomic mass is 32.2. The van der Waals surface area contributed by atoms with Gasteiger partial charge >= 0.3 is 0 Å². The van der Waals surface area contributed by atoms with Crippen molar-refractivity contribution in [2.45, 2.75) is 11.9 Å². The molecule has 2 aromatic rings. The predicted molar refractivity (Wildman–Crippen MR) is 69.1 cm³/mol. The fourth-order valence-electron chi connectivity index (χ4n) is 1.63. The van der Waals surface area contributed by atoms with Gasteiger partial charge in [0.1, 0.15) is 0 Å². The van der Waals surface area contributed by atoms with Gasteiger partial charge in [0.05, 0.1) is 23.5 Å². The number of nitrogens with zero attached hydrogens (tertiary/aromatic N) is 3. The van der Waals surface area contributed by atoms with Crippen LogP contribution in [0.15, 0.2) is 41.6 Å². The van der Waals surface area contributed by atoms with Gasteiger partial charge in [-0.05, 0) is 30.3 Å². The third kappa shape index (κ3) is 2.65. The molecule has 1 N–H and O–H groups in total. The summed E-state index contributed by atoms with van der Waals surface area (Å²) in [5.41, 5.74) is 1.09. The van der Waals surface area contributed by atoms with Gasteiger partial charge in [0.15, 0.2) is 5.03 Å². The van der Waals surface area contributed by atoms with Gasteiger partial charge in [-0.3, -0.25) is 0 Å². The van der Waals surface area contributed by atoms with Crippen LogP contribution in [-0.2, 0) is 10.0 Å². The van der Waals surface area contributed by atoms with E-state index in [0.717, 1.165) is 0 Å². The molecule has 98 valence electrons. The molecule has 0 saturated carbocycles. The number of aromatic nitrogens is 2. The SMILES string of the molecule is CCNS(=O)(=O)c1ccnn1-c1ccc(C#N)cc1. The van der Waals surface area contributed by atoms with Crippen LogP contribution in [0.4, 0.5) is 0 Å². The molecule has 0 aliphatic heterocycles. The van der Waals surface area contributed by atoms with Crippen LogP contribution in [0.2, 0.25) is 0 Å². The molecular weight excluding hydrogens is 264 g/mol. The summed E-state index contributed by atoms with van der Waals surface area (Å²) in [6.07, 6.45) is 1.42.